The van der Waals surface area contributed by atoms with Crippen LogP contribution >= 0.6 is 11.8 Å². The van der Waals surface area contributed by atoms with E-state index < -0.39 is 0 Å². The van der Waals surface area contributed by atoms with Crippen molar-refractivity contribution in [2.75, 3.05) is 5.73 Å². The normalized spacial score (nSPS) is 17.5. The number of nitrogen functional groups attached to an aromatic ring is 1. The highest BCUT2D eigenvalue weighted by atomic mass is 32.2. The molecule has 0 unspecified atom stereocenters. The van der Waals surface area contributed by atoms with Crippen LogP contribution in [0, 0.1) is 5.82 Å². The zero-order valence-electron chi connectivity index (χ0n) is 8.00. The maximum atomic E-state index is 12.8. The largest absolute Gasteiger partial charge is 0.398 e. The Morgan fingerprint density at radius 2 is 2.00 bits per heavy atom. The summed E-state index contributed by atoms with van der Waals surface area (Å²) in [6, 6.07) is 4.67. The molecule has 1 fully saturated rings. The van der Waals surface area contributed by atoms with Crippen molar-refractivity contribution in [3.63, 3.8) is 0 Å². The van der Waals surface area contributed by atoms with Crippen LogP contribution in [-0.2, 0) is 0 Å². The average Bonchev–Trinajstić information content (AvgIpc) is 2.62. The molecule has 0 spiro atoms. The lowest BCUT2D eigenvalue weighted by Crippen LogP contribution is -1.96. The van der Waals surface area contributed by atoms with E-state index >= 15 is 0 Å². The summed E-state index contributed by atoms with van der Waals surface area (Å²) in [5.41, 5.74) is 6.31. The zero-order chi connectivity index (χ0) is 9.97. The van der Waals surface area contributed by atoms with E-state index in [0.29, 0.717) is 10.9 Å². The Balaban J connectivity index is 2.08. The van der Waals surface area contributed by atoms with Crippen molar-refractivity contribution in [2.24, 2.45) is 0 Å². The first-order chi connectivity index (χ1) is 6.75. The van der Waals surface area contributed by atoms with Crippen LogP contribution in [0.4, 0.5) is 10.1 Å². The maximum Gasteiger partial charge on any atom is 0.125 e. The van der Waals surface area contributed by atoms with Gasteiger partial charge in [-0.1, -0.05) is 12.8 Å². The molecule has 1 aliphatic carbocycles. The number of thioether (sulfide) groups is 1. The highest BCUT2D eigenvalue weighted by Gasteiger charge is 2.17. The highest BCUT2D eigenvalue weighted by Crippen LogP contribution is 2.37. The predicted molar refractivity (Wildman–Crippen MR) is 58.9 cm³/mol. The van der Waals surface area contributed by atoms with Gasteiger partial charge in [0.1, 0.15) is 5.82 Å². The van der Waals surface area contributed by atoms with Crippen LogP contribution in [-0.4, -0.2) is 5.25 Å². The fourth-order valence-corrected chi connectivity index (χ4v) is 3.08. The molecule has 0 amide bonds. The number of rotatable bonds is 2. The Hall–Kier alpha value is -0.700. The third-order valence-corrected chi connectivity index (χ3v) is 4.00. The first kappa shape index (κ1) is 9.84. The lowest BCUT2D eigenvalue weighted by molar-refractivity contribution is 0.627. The molecule has 0 radical (unpaired) electrons. The van der Waals surface area contributed by atoms with E-state index in [0.717, 1.165) is 4.90 Å². The molecule has 3 heteroatoms. The Labute approximate surface area is 87.9 Å². The molecular weight excluding hydrogens is 197 g/mol. The molecule has 0 bridgehead atoms. The third kappa shape index (κ3) is 2.21. The molecule has 76 valence electrons. The van der Waals surface area contributed by atoms with Gasteiger partial charge in [-0.2, -0.15) is 0 Å². The monoisotopic (exact) mass is 211 g/mol. The standard InChI is InChI=1S/C11H14FNS/c12-8-5-6-11(10(13)7-8)14-9-3-1-2-4-9/h5-7,9H,1-4,13H2. The van der Waals surface area contributed by atoms with Gasteiger partial charge in [-0.05, 0) is 31.0 Å². The first-order valence-electron chi connectivity index (χ1n) is 4.97. The SMILES string of the molecule is Nc1cc(F)ccc1SC1CCCC1. The van der Waals surface area contributed by atoms with Gasteiger partial charge in [0.15, 0.2) is 0 Å². The quantitative estimate of drug-likeness (QED) is 0.758. The topological polar surface area (TPSA) is 26.0 Å². The van der Waals surface area contributed by atoms with E-state index in [9.17, 15) is 4.39 Å². The van der Waals surface area contributed by atoms with Crippen molar-refractivity contribution in [2.45, 2.75) is 35.8 Å². The van der Waals surface area contributed by atoms with Gasteiger partial charge in [0.2, 0.25) is 0 Å². The summed E-state index contributed by atoms with van der Waals surface area (Å²) < 4.78 is 12.8. The molecule has 0 saturated heterocycles. The third-order valence-electron chi connectivity index (χ3n) is 2.57. The number of anilines is 1. The van der Waals surface area contributed by atoms with E-state index in [1.807, 2.05) is 0 Å². The summed E-state index contributed by atoms with van der Waals surface area (Å²) in [7, 11) is 0. The summed E-state index contributed by atoms with van der Waals surface area (Å²) in [5.74, 6) is -0.252. The van der Waals surface area contributed by atoms with Gasteiger partial charge in [0, 0.05) is 15.8 Å². The Morgan fingerprint density at radius 3 is 2.64 bits per heavy atom. The molecule has 1 saturated carbocycles. The minimum absolute atomic E-state index is 0.252. The van der Waals surface area contributed by atoms with Gasteiger partial charge in [0.25, 0.3) is 0 Å². The van der Waals surface area contributed by atoms with Gasteiger partial charge in [-0.25, -0.2) is 4.39 Å². The minimum atomic E-state index is -0.252. The highest BCUT2D eigenvalue weighted by molar-refractivity contribution is 8.00. The van der Waals surface area contributed by atoms with Crippen LogP contribution in [0.5, 0.6) is 0 Å². The lowest BCUT2D eigenvalue weighted by Gasteiger charge is -2.10. The Bertz CT molecular complexity index is 321. The first-order valence-corrected chi connectivity index (χ1v) is 5.85. The van der Waals surface area contributed by atoms with E-state index in [4.69, 9.17) is 5.73 Å². The number of halogens is 1. The molecule has 1 nitrogen and oxygen atoms in total. The second-order valence-electron chi connectivity index (χ2n) is 3.71. The fourth-order valence-electron chi connectivity index (χ4n) is 1.81. The molecule has 0 aliphatic heterocycles. The molecule has 2 rings (SSSR count). The maximum absolute atomic E-state index is 12.8. The number of nitrogens with two attached hydrogens (primary N) is 1. The molecule has 0 aromatic heterocycles. The van der Waals surface area contributed by atoms with Gasteiger partial charge in [-0.3, -0.25) is 0 Å². The van der Waals surface area contributed by atoms with Crippen molar-refractivity contribution in [1.29, 1.82) is 0 Å². The van der Waals surface area contributed by atoms with E-state index in [-0.39, 0.29) is 5.82 Å². The van der Waals surface area contributed by atoms with Crippen LogP contribution in [0.2, 0.25) is 0 Å². The number of hydrogen-bond donors (Lipinski definition) is 1. The molecule has 1 aromatic carbocycles. The van der Waals surface area contributed by atoms with Crippen LogP contribution in [0.3, 0.4) is 0 Å². The van der Waals surface area contributed by atoms with Crippen molar-refractivity contribution >= 4 is 17.4 Å². The van der Waals surface area contributed by atoms with Gasteiger partial charge >= 0.3 is 0 Å². The summed E-state index contributed by atoms with van der Waals surface area (Å²) in [6.45, 7) is 0. The average molecular weight is 211 g/mol. The van der Waals surface area contributed by atoms with Crippen molar-refractivity contribution in [1.82, 2.24) is 0 Å². The second kappa shape index (κ2) is 4.22. The zero-order valence-corrected chi connectivity index (χ0v) is 8.82. The summed E-state index contributed by atoms with van der Waals surface area (Å²) in [4.78, 5) is 1.03. The molecule has 0 atom stereocenters. The van der Waals surface area contributed by atoms with E-state index in [1.54, 1.807) is 17.8 Å². The fraction of sp³-hybridized carbons (Fsp3) is 0.455. The lowest BCUT2D eigenvalue weighted by atomic mass is 10.3. The van der Waals surface area contributed by atoms with Gasteiger partial charge in [-0.15, -0.1) is 11.8 Å². The van der Waals surface area contributed by atoms with Crippen molar-refractivity contribution in [3.8, 4) is 0 Å². The minimum Gasteiger partial charge on any atom is -0.398 e. The molecule has 1 aromatic rings. The predicted octanol–water partition coefficient (Wildman–Crippen LogP) is 3.44. The smallest absolute Gasteiger partial charge is 0.125 e. The van der Waals surface area contributed by atoms with Crippen molar-refractivity contribution in [3.05, 3.63) is 24.0 Å². The van der Waals surface area contributed by atoms with Crippen LogP contribution in [0.15, 0.2) is 23.1 Å². The number of hydrogen-bond acceptors (Lipinski definition) is 2. The number of benzene rings is 1. The molecule has 2 N–H and O–H groups in total. The van der Waals surface area contributed by atoms with Crippen LogP contribution in [0.1, 0.15) is 25.7 Å². The second-order valence-corrected chi connectivity index (χ2v) is 5.05. The molecule has 14 heavy (non-hydrogen) atoms. The van der Waals surface area contributed by atoms with Gasteiger partial charge < -0.3 is 5.73 Å². The van der Waals surface area contributed by atoms with Gasteiger partial charge in [0.05, 0.1) is 0 Å². The van der Waals surface area contributed by atoms with E-state index in [1.165, 1.54) is 37.8 Å². The molecule has 0 heterocycles. The Kier molecular flexibility index (Phi) is 2.96. The van der Waals surface area contributed by atoms with Crippen molar-refractivity contribution < 1.29 is 4.39 Å². The molecular formula is C11H14FNS. The summed E-state index contributed by atoms with van der Waals surface area (Å²) in [6.07, 6.45) is 5.17. The summed E-state index contributed by atoms with van der Waals surface area (Å²) >= 11 is 1.79. The Morgan fingerprint density at radius 1 is 1.29 bits per heavy atom. The van der Waals surface area contributed by atoms with Crippen LogP contribution in [0.25, 0.3) is 0 Å². The van der Waals surface area contributed by atoms with E-state index in [2.05, 4.69) is 0 Å². The van der Waals surface area contributed by atoms with Crippen LogP contribution < -0.4 is 5.73 Å². The summed E-state index contributed by atoms with van der Waals surface area (Å²) in [5, 5.41) is 0.683. The molecule has 1 aliphatic rings.